The first-order valence-corrected chi connectivity index (χ1v) is 20.9. The maximum absolute atomic E-state index is 6.47. The average molecular weight is 780 g/mol. The quantitative estimate of drug-likeness (QED) is 0.169. The van der Waals surface area contributed by atoms with Gasteiger partial charge >= 0.3 is 0 Å². The summed E-state index contributed by atoms with van der Waals surface area (Å²) in [7, 11) is 0. The van der Waals surface area contributed by atoms with E-state index in [1.54, 1.807) is 0 Å². The van der Waals surface area contributed by atoms with Crippen molar-refractivity contribution in [3.8, 4) is 67.5 Å². The molecule has 9 aromatic carbocycles. The summed E-state index contributed by atoms with van der Waals surface area (Å²) in [5.41, 5.74) is 14.2. The van der Waals surface area contributed by atoms with Gasteiger partial charge in [-0.1, -0.05) is 158 Å². The third-order valence-corrected chi connectivity index (χ3v) is 12.2. The highest BCUT2D eigenvalue weighted by atomic mass is 16.3. The minimum atomic E-state index is 0.644. The molecular weight excluding hydrogens is 743 g/mol. The molecule has 4 heteroatoms. The van der Waals surface area contributed by atoms with Crippen molar-refractivity contribution in [3.63, 3.8) is 0 Å². The minimum Gasteiger partial charge on any atom is -0.456 e. The lowest BCUT2D eigenvalue weighted by molar-refractivity contribution is 0.669. The Morgan fingerprint density at radius 1 is 0.377 bits per heavy atom. The van der Waals surface area contributed by atoms with E-state index in [0.29, 0.717) is 17.5 Å². The second kappa shape index (κ2) is 14.4. The van der Waals surface area contributed by atoms with Gasteiger partial charge in [-0.25, -0.2) is 15.0 Å². The van der Waals surface area contributed by atoms with E-state index in [0.717, 1.165) is 84.3 Å². The number of hydrogen-bond donors (Lipinski definition) is 0. The first kappa shape index (κ1) is 35.0. The molecule has 2 heterocycles. The SMILES string of the molecule is C1=Cc2ccc(-c3nc(-c4ccc5ccccc5c4)nc(-c4ccc5ccc(-c6cccc7oc8ccc(-c9ccc(-c%10ccccc%10)cc9)cc8c67)cc5c4)n3)cc2CC1. The lowest BCUT2D eigenvalue weighted by Gasteiger charge is -2.13. The molecule has 0 aliphatic heterocycles. The summed E-state index contributed by atoms with van der Waals surface area (Å²) in [5, 5.41) is 6.79. The van der Waals surface area contributed by atoms with Crippen molar-refractivity contribution in [1.29, 1.82) is 0 Å². The van der Waals surface area contributed by atoms with Crippen LogP contribution in [-0.4, -0.2) is 15.0 Å². The first-order valence-electron chi connectivity index (χ1n) is 20.9. The van der Waals surface area contributed by atoms with Gasteiger partial charge in [0.25, 0.3) is 0 Å². The van der Waals surface area contributed by atoms with Crippen molar-refractivity contribution >= 4 is 49.6 Å². The fourth-order valence-electron chi connectivity index (χ4n) is 8.95. The Bertz CT molecular complexity index is 3530. The van der Waals surface area contributed by atoms with E-state index in [-0.39, 0.29) is 0 Å². The third kappa shape index (κ3) is 6.37. The monoisotopic (exact) mass is 779 g/mol. The Morgan fingerprint density at radius 3 is 1.72 bits per heavy atom. The van der Waals surface area contributed by atoms with Gasteiger partial charge in [-0.3, -0.25) is 0 Å². The molecule has 0 saturated heterocycles. The molecule has 2 aromatic heterocycles. The van der Waals surface area contributed by atoms with Gasteiger partial charge in [-0.15, -0.1) is 0 Å². The number of furan rings is 1. The molecule has 12 rings (SSSR count). The molecule has 61 heavy (non-hydrogen) atoms. The normalized spacial score (nSPS) is 12.4. The summed E-state index contributed by atoms with van der Waals surface area (Å²) in [6.45, 7) is 0. The molecule has 0 spiro atoms. The molecule has 1 aliphatic carbocycles. The van der Waals surface area contributed by atoms with Gasteiger partial charge in [0.2, 0.25) is 0 Å². The average Bonchev–Trinajstić information content (AvgIpc) is 3.72. The van der Waals surface area contributed by atoms with Gasteiger partial charge < -0.3 is 4.42 Å². The molecule has 0 N–H and O–H groups in total. The van der Waals surface area contributed by atoms with E-state index in [4.69, 9.17) is 19.4 Å². The van der Waals surface area contributed by atoms with E-state index in [1.807, 2.05) is 0 Å². The number of hydrogen-bond acceptors (Lipinski definition) is 4. The Kier molecular flexibility index (Phi) is 8.27. The third-order valence-electron chi connectivity index (χ3n) is 12.2. The molecule has 0 unspecified atom stereocenters. The van der Waals surface area contributed by atoms with E-state index in [9.17, 15) is 0 Å². The fourth-order valence-corrected chi connectivity index (χ4v) is 8.95. The highest BCUT2D eigenvalue weighted by molar-refractivity contribution is 6.14. The predicted molar refractivity (Wildman–Crippen MR) is 252 cm³/mol. The zero-order valence-electron chi connectivity index (χ0n) is 33.2. The zero-order valence-corrected chi connectivity index (χ0v) is 33.2. The van der Waals surface area contributed by atoms with Crippen LogP contribution in [-0.2, 0) is 6.42 Å². The van der Waals surface area contributed by atoms with Gasteiger partial charge in [-0.05, 0) is 121 Å². The maximum atomic E-state index is 6.47. The Labute approximate surface area is 353 Å². The number of rotatable bonds is 6. The van der Waals surface area contributed by atoms with Crippen LogP contribution >= 0.6 is 0 Å². The van der Waals surface area contributed by atoms with Gasteiger partial charge in [0.1, 0.15) is 11.2 Å². The molecule has 0 radical (unpaired) electrons. The summed E-state index contributed by atoms with van der Waals surface area (Å²) >= 11 is 0. The largest absolute Gasteiger partial charge is 0.456 e. The first-order chi connectivity index (χ1) is 30.2. The number of aromatic nitrogens is 3. The lowest BCUT2D eigenvalue weighted by Crippen LogP contribution is -2.01. The smallest absolute Gasteiger partial charge is 0.164 e. The Hall–Kier alpha value is -7.95. The van der Waals surface area contributed by atoms with E-state index in [2.05, 4.69) is 200 Å². The summed E-state index contributed by atoms with van der Waals surface area (Å²) in [5.74, 6) is 1.97. The summed E-state index contributed by atoms with van der Waals surface area (Å²) in [6.07, 6.45) is 6.50. The van der Waals surface area contributed by atoms with Crippen LogP contribution in [0.1, 0.15) is 17.5 Å². The minimum absolute atomic E-state index is 0.644. The maximum Gasteiger partial charge on any atom is 0.164 e. The standard InChI is InChI=1S/C57H37N3O/c1-2-9-36(10-3-1)39-17-19-40(20-18-39)44-29-30-52-51(35-44)54-50(15-8-16-53(54)61-52)45-25-21-41-24-28-48(34-49(41)33-45)57-59-55(46-26-22-37-11-4-6-13-42(37)31-46)58-56(60-57)47-27-23-38-12-5-7-14-43(38)32-47/h1-6,8-13,15-35H,7,14H2. The molecule has 0 fully saturated rings. The van der Waals surface area contributed by atoms with E-state index < -0.39 is 0 Å². The molecule has 286 valence electrons. The number of benzene rings is 9. The van der Waals surface area contributed by atoms with Crippen LogP contribution in [0.5, 0.6) is 0 Å². The number of aryl methyl sites for hydroxylation is 1. The van der Waals surface area contributed by atoms with Crippen LogP contribution in [0.4, 0.5) is 0 Å². The van der Waals surface area contributed by atoms with Crippen LogP contribution in [0.3, 0.4) is 0 Å². The highest BCUT2D eigenvalue weighted by Crippen LogP contribution is 2.40. The van der Waals surface area contributed by atoms with Crippen molar-refractivity contribution < 1.29 is 4.42 Å². The molecule has 1 aliphatic rings. The van der Waals surface area contributed by atoms with E-state index >= 15 is 0 Å². The number of fused-ring (bicyclic) bond motifs is 6. The van der Waals surface area contributed by atoms with Crippen LogP contribution < -0.4 is 0 Å². The van der Waals surface area contributed by atoms with Crippen LogP contribution in [0.2, 0.25) is 0 Å². The van der Waals surface area contributed by atoms with Gasteiger partial charge in [0.05, 0.1) is 0 Å². The van der Waals surface area contributed by atoms with Crippen molar-refractivity contribution in [2.75, 3.05) is 0 Å². The van der Waals surface area contributed by atoms with Gasteiger partial charge in [0, 0.05) is 27.5 Å². The molecule has 0 atom stereocenters. The molecule has 4 nitrogen and oxygen atoms in total. The molecule has 11 aromatic rings. The molecule has 0 saturated carbocycles. The highest BCUT2D eigenvalue weighted by Gasteiger charge is 2.17. The van der Waals surface area contributed by atoms with Crippen LogP contribution in [0, 0.1) is 0 Å². The number of nitrogens with zero attached hydrogens (tertiary/aromatic N) is 3. The fraction of sp³-hybridized carbons (Fsp3) is 0.0351. The summed E-state index contributed by atoms with van der Waals surface area (Å²) in [4.78, 5) is 15.4. The van der Waals surface area contributed by atoms with Crippen LogP contribution in [0.15, 0.2) is 199 Å². The summed E-state index contributed by atoms with van der Waals surface area (Å²) in [6, 6.07) is 66.8. The van der Waals surface area contributed by atoms with E-state index in [1.165, 1.54) is 33.2 Å². The van der Waals surface area contributed by atoms with Crippen molar-refractivity contribution in [1.82, 2.24) is 15.0 Å². The zero-order chi connectivity index (χ0) is 40.3. The summed E-state index contributed by atoms with van der Waals surface area (Å²) < 4.78 is 6.47. The van der Waals surface area contributed by atoms with Crippen LogP contribution in [0.25, 0.3) is 117 Å². The van der Waals surface area contributed by atoms with Crippen molar-refractivity contribution in [3.05, 3.63) is 205 Å². The topological polar surface area (TPSA) is 51.8 Å². The van der Waals surface area contributed by atoms with Crippen molar-refractivity contribution in [2.45, 2.75) is 12.8 Å². The second-order valence-corrected chi connectivity index (χ2v) is 15.9. The molecule has 0 bridgehead atoms. The second-order valence-electron chi connectivity index (χ2n) is 15.9. The molecule has 0 amide bonds. The number of allylic oxidation sites excluding steroid dienone is 1. The molecular formula is C57H37N3O. The van der Waals surface area contributed by atoms with Crippen molar-refractivity contribution in [2.24, 2.45) is 0 Å². The predicted octanol–water partition coefficient (Wildman–Crippen LogP) is 15.0. The Balaban J connectivity index is 0.957. The van der Waals surface area contributed by atoms with Gasteiger partial charge in [0.15, 0.2) is 17.5 Å². The Morgan fingerprint density at radius 2 is 0.951 bits per heavy atom. The lowest BCUT2D eigenvalue weighted by atomic mass is 9.95. The van der Waals surface area contributed by atoms with Gasteiger partial charge in [-0.2, -0.15) is 0 Å².